The molecule has 0 radical (unpaired) electrons. The average molecular weight is 394 g/mol. The monoisotopic (exact) mass is 393 g/mol. The third-order valence-electron chi connectivity index (χ3n) is 4.88. The minimum Gasteiger partial charge on any atom is -0.494 e. The van der Waals surface area contributed by atoms with Gasteiger partial charge in [-0.25, -0.2) is 0 Å². The van der Waals surface area contributed by atoms with Crippen LogP contribution in [0.25, 0.3) is 23.4 Å². The van der Waals surface area contributed by atoms with Crippen molar-refractivity contribution in [3.63, 3.8) is 0 Å². The molecule has 146 valence electrons. The van der Waals surface area contributed by atoms with E-state index in [1.165, 1.54) is 27.5 Å². The molecule has 3 nitrogen and oxygen atoms in total. The average Bonchev–Trinajstić information content (AvgIpc) is 3.09. The smallest absolute Gasteiger partial charge is 0.261 e. The molecule has 28 heavy (non-hydrogen) atoms. The highest BCUT2D eigenvalue weighted by molar-refractivity contribution is 7.10. The Balaban J connectivity index is 1.75. The van der Waals surface area contributed by atoms with E-state index in [1.54, 1.807) is 11.3 Å². The summed E-state index contributed by atoms with van der Waals surface area (Å²) in [6.07, 6.45) is 4.37. The lowest BCUT2D eigenvalue weighted by atomic mass is 10.1. The van der Waals surface area contributed by atoms with E-state index in [1.807, 2.05) is 19.1 Å². The maximum Gasteiger partial charge on any atom is 0.261 e. The van der Waals surface area contributed by atoms with Crippen molar-refractivity contribution in [3.8, 4) is 17.0 Å². The molecule has 0 fully saturated rings. The Kier molecular flexibility index (Phi) is 6.88. The summed E-state index contributed by atoms with van der Waals surface area (Å²) in [6.45, 7) is 9.14. The van der Waals surface area contributed by atoms with Crippen molar-refractivity contribution in [3.05, 3.63) is 64.5 Å². The summed E-state index contributed by atoms with van der Waals surface area (Å²) in [5.41, 5.74) is 4.91. The van der Waals surface area contributed by atoms with Crippen LogP contribution in [0.5, 0.6) is 5.75 Å². The first kappa shape index (κ1) is 20.2. The maximum atomic E-state index is 5.54. The maximum absolute atomic E-state index is 5.54. The first-order valence-electron chi connectivity index (χ1n) is 9.90. The number of aromatic nitrogens is 1. The number of thiazole rings is 1. The molecule has 0 bridgehead atoms. The quantitative estimate of drug-likeness (QED) is 0.460. The van der Waals surface area contributed by atoms with Crippen LogP contribution in [0.15, 0.2) is 53.9 Å². The Morgan fingerprint density at radius 1 is 0.929 bits per heavy atom. The van der Waals surface area contributed by atoms with Crippen LogP contribution in [-0.2, 0) is 7.05 Å². The van der Waals surface area contributed by atoms with Gasteiger partial charge < -0.3 is 9.64 Å². The van der Waals surface area contributed by atoms with Crippen molar-refractivity contribution in [1.29, 1.82) is 0 Å². The van der Waals surface area contributed by atoms with E-state index in [-0.39, 0.29) is 0 Å². The van der Waals surface area contributed by atoms with Crippen LogP contribution >= 0.6 is 11.3 Å². The zero-order chi connectivity index (χ0) is 19.9. The number of hydrogen-bond acceptors (Lipinski definition) is 3. The van der Waals surface area contributed by atoms with E-state index in [0.717, 1.165) is 18.8 Å². The fourth-order valence-corrected chi connectivity index (χ4v) is 4.18. The molecule has 0 N–H and O–H groups in total. The largest absolute Gasteiger partial charge is 0.494 e. The molecule has 0 spiro atoms. The fraction of sp³-hybridized carbons (Fsp3) is 0.292. The van der Waals surface area contributed by atoms with Gasteiger partial charge in [0.15, 0.2) is 0 Å². The number of anilines is 1. The van der Waals surface area contributed by atoms with Gasteiger partial charge in [0.05, 0.1) is 12.0 Å². The molecule has 0 saturated heterocycles. The minimum atomic E-state index is 0.691. The van der Waals surface area contributed by atoms with Crippen LogP contribution in [0.4, 0.5) is 5.69 Å². The van der Waals surface area contributed by atoms with Gasteiger partial charge >= 0.3 is 0 Å². The SMILES string of the molecule is CCOc1ccc(-c2csc(C=Cc3ccc(N(CC)CC)cc3)[n+]2C)cc1. The molecule has 2 aromatic carbocycles. The van der Waals surface area contributed by atoms with Crippen LogP contribution in [0, 0.1) is 0 Å². The number of hydrogen-bond donors (Lipinski definition) is 0. The summed E-state index contributed by atoms with van der Waals surface area (Å²) >= 11 is 1.76. The molecule has 0 aliphatic heterocycles. The predicted octanol–water partition coefficient (Wildman–Crippen LogP) is 5.65. The second-order valence-electron chi connectivity index (χ2n) is 6.57. The summed E-state index contributed by atoms with van der Waals surface area (Å²) in [5.74, 6) is 0.914. The first-order chi connectivity index (χ1) is 13.7. The van der Waals surface area contributed by atoms with Gasteiger partial charge in [-0.05, 0) is 68.8 Å². The highest BCUT2D eigenvalue weighted by atomic mass is 32.1. The van der Waals surface area contributed by atoms with Gasteiger partial charge in [0, 0.05) is 30.4 Å². The van der Waals surface area contributed by atoms with Crippen LogP contribution in [-0.4, -0.2) is 19.7 Å². The van der Waals surface area contributed by atoms with Crippen molar-refractivity contribution in [2.45, 2.75) is 20.8 Å². The molecule has 1 aromatic heterocycles. The standard InChI is InChI=1S/C24H29N2OS/c1-5-26(6-2)21-13-8-19(9-14-21)10-17-24-25(4)23(18-28-24)20-11-15-22(16-12-20)27-7-3/h8-18H,5-7H2,1-4H3/q+1. The van der Waals surface area contributed by atoms with E-state index in [9.17, 15) is 0 Å². The molecule has 0 atom stereocenters. The number of rotatable bonds is 8. The summed E-state index contributed by atoms with van der Waals surface area (Å²) in [7, 11) is 2.12. The molecule has 0 saturated carbocycles. The molecular formula is C24H29N2OS+. The van der Waals surface area contributed by atoms with E-state index in [4.69, 9.17) is 4.74 Å². The predicted molar refractivity (Wildman–Crippen MR) is 121 cm³/mol. The van der Waals surface area contributed by atoms with Crippen LogP contribution in [0.1, 0.15) is 31.3 Å². The molecule has 3 rings (SSSR count). The van der Waals surface area contributed by atoms with Crippen molar-refractivity contribution < 1.29 is 9.30 Å². The lowest BCUT2D eigenvalue weighted by Gasteiger charge is -2.20. The lowest BCUT2D eigenvalue weighted by molar-refractivity contribution is -0.657. The van der Waals surface area contributed by atoms with Gasteiger partial charge in [0.25, 0.3) is 5.01 Å². The molecular weight excluding hydrogens is 364 g/mol. The second-order valence-corrected chi connectivity index (χ2v) is 7.46. The molecule has 1 heterocycles. The zero-order valence-corrected chi connectivity index (χ0v) is 18.0. The number of benzene rings is 2. The third kappa shape index (κ3) is 4.63. The molecule has 3 aromatic rings. The third-order valence-corrected chi connectivity index (χ3v) is 5.88. The van der Waals surface area contributed by atoms with Gasteiger partial charge in [-0.2, -0.15) is 4.57 Å². The molecule has 0 unspecified atom stereocenters. The topological polar surface area (TPSA) is 16.4 Å². The van der Waals surface area contributed by atoms with Crippen molar-refractivity contribution in [2.75, 3.05) is 24.6 Å². The van der Waals surface area contributed by atoms with Crippen molar-refractivity contribution in [2.24, 2.45) is 7.05 Å². The zero-order valence-electron chi connectivity index (χ0n) is 17.2. The van der Waals surface area contributed by atoms with E-state index in [0.29, 0.717) is 6.61 Å². The second kappa shape index (κ2) is 9.56. The Bertz CT molecular complexity index is 907. The first-order valence-corrected chi connectivity index (χ1v) is 10.8. The molecule has 0 aliphatic carbocycles. The molecule has 0 aliphatic rings. The van der Waals surface area contributed by atoms with Crippen molar-refractivity contribution in [1.82, 2.24) is 0 Å². The Labute approximate surface area is 172 Å². The van der Waals surface area contributed by atoms with Crippen LogP contribution in [0.2, 0.25) is 0 Å². The lowest BCUT2D eigenvalue weighted by Crippen LogP contribution is -2.30. The Hall–Kier alpha value is -2.59. The summed E-state index contributed by atoms with van der Waals surface area (Å²) in [6, 6.07) is 17.1. The summed E-state index contributed by atoms with van der Waals surface area (Å²) in [5, 5.41) is 3.43. The van der Waals surface area contributed by atoms with Gasteiger partial charge in [-0.3, -0.25) is 0 Å². The number of nitrogens with zero attached hydrogens (tertiary/aromatic N) is 2. The highest BCUT2D eigenvalue weighted by Gasteiger charge is 2.16. The summed E-state index contributed by atoms with van der Waals surface area (Å²) < 4.78 is 7.78. The highest BCUT2D eigenvalue weighted by Crippen LogP contribution is 2.24. The van der Waals surface area contributed by atoms with E-state index in [2.05, 4.69) is 84.3 Å². The van der Waals surface area contributed by atoms with Crippen LogP contribution in [0.3, 0.4) is 0 Å². The van der Waals surface area contributed by atoms with Gasteiger partial charge in [-0.1, -0.05) is 23.5 Å². The Morgan fingerprint density at radius 3 is 2.21 bits per heavy atom. The van der Waals surface area contributed by atoms with Crippen molar-refractivity contribution >= 4 is 29.2 Å². The summed E-state index contributed by atoms with van der Waals surface area (Å²) in [4.78, 5) is 2.36. The molecule has 0 amide bonds. The van der Waals surface area contributed by atoms with E-state index < -0.39 is 0 Å². The fourth-order valence-electron chi connectivity index (χ4n) is 3.25. The minimum absolute atomic E-state index is 0.691. The van der Waals surface area contributed by atoms with Gasteiger partial charge in [0.1, 0.15) is 12.8 Å². The Morgan fingerprint density at radius 2 is 1.61 bits per heavy atom. The normalized spacial score (nSPS) is 11.1. The van der Waals surface area contributed by atoms with Crippen LogP contribution < -0.4 is 14.2 Å². The molecule has 4 heteroatoms. The van der Waals surface area contributed by atoms with Gasteiger partial charge in [-0.15, -0.1) is 0 Å². The van der Waals surface area contributed by atoms with Gasteiger partial charge in [0.2, 0.25) is 5.69 Å². The van der Waals surface area contributed by atoms with E-state index >= 15 is 0 Å². The number of ether oxygens (including phenoxy) is 1.